The Morgan fingerprint density at radius 3 is 2.44 bits per heavy atom. The van der Waals surface area contributed by atoms with Crippen LogP contribution in [0, 0.1) is 5.41 Å². The zero-order chi connectivity index (χ0) is 13.6. The third-order valence-electron chi connectivity index (χ3n) is 3.72. The summed E-state index contributed by atoms with van der Waals surface area (Å²) in [6, 6.07) is -0.747. The van der Waals surface area contributed by atoms with Gasteiger partial charge in [0.1, 0.15) is 6.04 Å². The molecule has 0 aliphatic heterocycles. The molecule has 5 heteroatoms. The van der Waals surface area contributed by atoms with Gasteiger partial charge in [-0.25, -0.2) is 4.79 Å². The van der Waals surface area contributed by atoms with Crippen LogP contribution in [0.25, 0.3) is 0 Å². The summed E-state index contributed by atoms with van der Waals surface area (Å²) >= 11 is 1.59. The van der Waals surface area contributed by atoms with Crippen molar-refractivity contribution in [3.05, 3.63) is 0 Å². The maximum absolute atomic E-state index is 12.2. The summed E-state index contributed by atoms with van der Waals surface area (Å²) in [5.41, 5.74) is -0.370. The molecule has 0 aromatic heterocycles. The van der Waals surface area contributed by atoms with Gasteiger partial charge in [0, 0.05) is 5.41 Å². The van der Waals surface area contributed by atoms with E-state index in [1.165, 1.54) is 6.42 Å². The first-order valence-electron chi connectivity index (χ1n) is 6.52. The predicted molar refractivity (Wildman–Crippen MR) is 73.8 cm³/mol. The van der Waals surface area contributed by atoms with Crippen LogP contribution in [0.15, 0.2) is 0 Å². The quantitative estimate of drug-likeness (QED) is 0.779. The van der Waals surface area contributed by atoms with Gasteiger partial charge in [-0.05, 0) is 31.3 Å². The van der Waals surface area contributed by atoms with Gasteiger partial charge in [-0.2, -0.15) is 11.8 Å². The van der Waals surface area contributed by atoms with E-state index in [0.29, 0.717) is 6.42 Å². The molecule has 4 nitrogen and oxygen atoms in total. The van der Waals surface area contributed by atoms with Crippen molar-refractivity contribution in [3.8, 4) is 0 Å². The molecule has 0 heterocycles. The normalized spacial score (nSPS) is 20.1. The zero-order valence-corrected chi connectivity index (χ0v) is 12.0. The van der Waals surface area contributed by atoms with Crippen LogP contribution in [-0.2, 0) is 9.59 Å². The third kappa shape index (κ3) is 4.19. The molecule has 0 aromatic carbocycles. The standard InChI is InChI=1S/C13H23NO3S/c1-13(7-4-3-5-8-13)12(17)14-10(11(15)16)6-9-18-2/h10H,3-9H2,1-2H3,(H,14,17)(H,15,16)/t10-/m0/s1. The topological polar surface area (TPSA) is 66.4 Å². The minimum Gasteiger partial charge on any atom is -0.480 e. The fourth-order valence-corrected chi connectivity index (χ4v) is 2.86. The number of carbonyl (C=O) groups excluding carboxylic acids is 1. The average molecular weight is 273 g/mol. The first-order valence-corrected chi connectivity index (χ1v) is 7.92. The largest absolute Gasteiger partial charge is 0.480 e. The van der Waals surface area contributed by atoms with Crippen LogP contribution in [0.5, 0.6) is 0 Å². The number of carboxylic acid groups (broad SMARTS) is 1. The molecule has 0 bridgehead atoms. The van der Waals surface area contributed by atoms with Gasteiger partial charge in [0.2, 0.25) is 5.91 Å². The molecule has 0 saturated heterocycles. The maximum Gasteiger partial charge on any atom is 0.326 e. The Bertz CT molecular complexity index is 301. The van der Waals surface area contributed by atoms with E-state index in [2.05, 4.69) is 5.32 Å². The van der Waals surface area contributed by atoms with Crippen molar-refractivity contribution in [3.63, 3.8) is 0 Å². The van der Waals surface area contributed by atoms with Crippen LogP contribution in [0.2, 0.25) is 0 Å². The fourth-order valence-electron chi connectivity index (χ4n) is 2.38. The van der Waals surface area contributed by atoms with Crippen LogP contribution in [0.4, 0.5) is 0 Å². The SMILES string of the molecule is CSCC[C@H](NC(=O)C1(C)CCCCC1)C(=O)O. The van der Waals surface area contributed by atoms with E-state index < -0.39 is 12.0 Å². The van der Waals surface area contributed by atoms with E-state index in [-0.39, 0.29) is 11.3 Å². The van der Waals surface area contributed by atoms with Crippen LogP contribution in [0.3, 0.4) is 0 Å². The van der Waals surface area contributed by atoms with E-state index in [9.17, 15) is 9.59 Å². The number of carbonyl (C=O) groups is 2. The van der Waals surface area contributed by atoms with Gasteiger partial charge in [0.25, 0.3) is 0 Å². The molecule has 1 atom stereocenters. The highest BCUT2D eigenvalue weighted by atomic mass is 32.2. The Hall–Kier alpha value is -0.710. The Kier molecular flexibility index (Phi) is 5.99. The molecular weight excluding hydrogens is 250 g/mol. The number of aliphatic carboxylic acids is 1. The van der Waals surface area contributed by atoms with Crippen molar-refractivity contribution in [2.75, 3.05) is 12.0 Å². The summed E-state index contributed by atoms with van der Waals surface area (Å²) in [6.07, 6.45) is 7.46. The molecule has 0 unspecified atom stereocenters. The first kappa shape index (κ1) is 15.3. The van der Waals surface area contributed by atoms with Gasteiger partial charge in [0.05, 0.1) is 0 Å². The fraction of sp³-hybridized carbons (Fsp3) is 0.846. The number of hydrogen-bond donors (Lipinski definition) is 2. The Labute approximate surface area is 113 Å². The summed E-state index contributed by atoms with van der Waals surface area (Å²) in [5, 5.41) is 11.8. The number of nitrogens with one attached hydrogen (secondary N) is 1. The van der Waals surface area contributed by atoms with Crippen molar-refractivity contribution in [1.29, 1.82) is 0 Å². The second-order valence-electron chi connectivity index (χ2n) is 5.27. The van der Waals surface area contributed by atoms with Gasteiger partial charge in [0.15, 0.2) is 0 Å². The predicted octanol–water partition coefficient (Wildman–Crippen LogP) is 2.28. The van der Waals surface area contributed by atoms with Crippen molar-refractivity contribution in [2.24, 2.45) is 5.41 Å². The van der Waals surface area contributed by atoms with Crippen LogP contribution in [0.1, 0.15) is 45.4 Å². The summed E-state index contributed by atoms with van der Waals surface area (Å²) < 4.78 is 0. The van der Waals surface area contributed by atoms with Crippen molar-refractivity contribution < 1.29 is 14.7 Å². The van der Waals surface area contributed by atoms with Crippen LogP contribution >= 0.6 is 11.8 Å². The zero-order valence-electron chi connectivity index (χ0n) is 11.2. The monoisotopic (exact) mass is 273 g/mol. The molecule has 1 amide bonds. The van der Waals surface area contributed by atoms with Crippen molar-refractivity contribution in [1.82, 2.24) is 5.32 Å². The maximum atomic E-state index is 12.2. The molecule has 1 fully saturated rings. The van der Waals surface area contributed by atoms with Gasteiger partial charge in [-0.15, -0.1) is 0 Å². The minimum atomic E-state index is -0.934. The molecule has 2 N–H and O–H groups in total. The van der Waals surface area contributed by atoms with Gasteiger partial charge < -0.3 is 10.4 Å². The molecule has 104 valence electrons. The Morgan fingerprint density at radius 1 is 1.33 bits per heavy atom. The van der Waals surface area contributed by atoms with Gasteiger partial charge in [-0.3, -0.25) is 4.79 Å². The second-order valence-corrected chi connectivity index (χ2v) is 6.25. The highest BCUT2D eigenvalue weighted by Gasteiger charge is 2.36. The molecule has 1 aliphatic rings. The highest BCUT2D eigenvalue weighted by Crippen LogP contribution is 2.35. The lowest BCUT2D eigenvalue weighted by molar-refractivity contribution is -0.144. The van der Waals surface area contributed by atoms with Crippen LogP contribution in [-0.4, -0.2) is 35.0 Å². The lowest BCUT2D eigenvalue weighted by Crippen LogP contribution is -2.48. The number of carboxylic acids is 1. The molecule has 1 rings (SSSR count). The third-order valence-corrected chi connectivity index (χ3v) is 4.36. The molecule has 18 heavy (non-hydrogen) atoms. The molecule has 1 saturated carbocycles. The van der Waals surface area contributed by atoms with Gasteiger partial charge >= 0.3 is 5.97 Å². The smallest absolute Gasteiger partial charge is 0.326 e. The molecule has 0 spiro atoms. The van der Waals surface area contributed by atoms with Crippen molar-refractivity contribution in [2.45, 2.75) is 51.5 Å². The number of hydrogen-bond acceptors (Lipinski definition) is 3. The molecular formula is C13H23NO3S. The second kappa shape index (κ2) is 7.02. The van der Waals surface area contributed by atoms with Crippen molar-refractivity contribution >= 4 is 23.6 Å². The van der Waals surface area contributed by atoms with E-state index in [4.69, 9.17) is 5.11 Å². The van der Waals surface area contributed by atoms with Crippen LogP contribution < -0.4 is 5.32 Å². The van der Waals surface area contributed by atoms with E-state index in [1.54, 1.807) is 11.8 Å². The summed E-state index contributed by atoms with van der Waals surface area (Å²) in [7, 11) is 0. The number of thioether (sulfide) groups is 1. The van der Waals surface area contributed by atoms with E-state index in [0.717, 1.165) is 31.4 Å². The summed E-state index contributed by atoms with van der Waals surface area (Å²) in [6.45, 7) is 1.95. The number of amides is 1. The first-order chi connectivity index (χ1) is 8.49. The summed E-state index contributed by atoms with van der Waals surface area (Å²) in [4.78, 5) is 23.3. The summed E-state index contributed by atoms with van der Waals surface area (Å²) in [5.74, 6) is -0.277. The van der Waals surface area contributed by atoms with E-state index >= 15 is 0 Å². The molecule has 1 aliphatic carbocycles. The Morgan fingerprint density at radius 2 is 1.94 bits per heavy atom. The van der Waals surface area contributed by atoms with Gasteiger partial charge in [-0.1, -0.05) is 26.2 Å². The average Bonchev–Trinajstić information content (AvgIpc) is 2.34. The number of rotatable bonds is 6. The molecule has 0 aromatic rings. The lowest BCUT2D eigenvalue weighted by Gasteiger charge is -2.33. The Balaban J connectivity index is 2.56. The minimum absolute atomic E-state index is 0.0873. The lowest BCUT2D eigenvalue weighted by atomic mass is 9.75. The van der Waals surface area contributed by atoms with E-state index in [1.807, 2.05) is 13.2 Å². The highest BCUT2D eigenvalue weighted by molar-refractivity contribution is 7.98. The molecule has 0 radical (unpaired) electrons.